The number of carbonyl (C=O) groups is 1. The van der Waals surface area contributed by atoms with E-state index in [1.54, 1.807) is 29.4 Å². The predicted octanol–water partition coefficient (Wildman–Crippen LogP) is 1.62. The fraction of sp³-hybridized carbons (Fsp3) is 0.250. The van der Waals surface area contributed by atoms with Crippen LogP contribution in [0.3, 0.4) is 0 Å². The first kappa shape index (κ1) is 14.6. The second-order valence-corrected chi connectivity index (χ2v) is 5.61. The van der Waals surface area contributed by atoms with Gasteiger partial charge < -0.3 is 9.64 Å². The number of hydrogen-bond donors (Lipinski definition) is 0. The second-order valence-electron chi connectivity index (χ2n) is 5.61. The molecule has 3 heterocycles. The van der Waals surface area contributed by atoms with Crippen molar-refractivity contribution >= 4 is 17.4 Å². The average molecular weight is 327 g/mol. The third-order valence-electron chi connectivity index (χ3n) is 3.75. The van der Waals surface area contributed by atoms with E-state index >= 15 is 0 Å². The van der Waals surface area contributed by atoms with Gasteiger partial charge in [0.05, 0.1) is 18.7 Å². The Morgan fingerprint density at radius 1 is 1.46 bits per heavy atom. The lowest BCUT2D eigenvalue weighted by Crippen LogP contribution is -2.43. The van der Waals surface area contributed by atoms with Gasteiger partial charge in [-0.1, -0.05) is 0 Å². The first-order chi connectivity index (χ1) is 11.6. The smallest absolute Gasteiger partial charge is 0.252 e. The molecule has 0 saturated heterocycles. The van der Waals surface area contributed by atoms with E-state index in [1.165, 1.54) is 16.6 Å². The summed E-state index contributed by atoms with van der Waals surface area (Å²) in [6.45, 7) is 2.23. The molecule has 0 N–H and O–H groups in total. The number of ether oxygens (including phenoxy) is 1. The van der Waals surface area contributed by atoms with E-state index in [4.69, 9.17) is 4.74 Å². The van der Waals surface area contributed by atoms with Gasteiger partial charge in [-0.15, -0.1) is 5.10 Å². The molecule has 1 atom stereocenters. The van der Waals surface area contributed by atoms with Crippen molar-refractivity contribution < 1.29 is 13.9 Å². The Hall–Kier alpha value is -3.03. The molecule has 1 aromatic carbocycles. The van der Waals surface area contributed by atoms with E-state index in [-0.39, 0.29) is 18.4 Å². The molecule has 122 valence electrons. The summed E-state index contributed by atoms with van der Waals surface area (Å²) < 4.78 is 20.5. The highest BCUT2D eigenvalue weighted by atomic mass is 19.1. The maximum atomic E-state index is 13.4. The molecule has 4 rings (SSSR count). The molecule has 8 heteroatoms. The fourth-order valence-electron chi connectivity index (χ4n) is 2.73. The zero-order valence-corrected chi connectivity index (χ0v) is 12.9. The van der Waals surface area contributed by atoms with Crippen molar-refractivity contribution in [2.75, 3.05) is 11.4 Å². The van der Waals surface area contributed by atoms with Gasteiger partial charge in [0.25, 0.3) is 5.78 Å². The van der Waals surface area contributed by atoms with E-state index in [0.29, 0.717) is 29.6 Å². The molecule has 0 bridgehead atoms. The van der Waals surface area contributed by atoms with E-state index in [0.717, 1.165) is 0 Å². The van der Waals surface area contributed by atoms with E-state index < -0.39 is 5.82 Å². The number of amides is 1. The average Bonchev–Trinajstić information content (AvgIpc) is 2.95. The summed E-state index contributed by atoms with van der Waals surface area (Å²) in [4.78, 5) is 22.6. The lowest BCUT2D eigenvalue weighted by molar-refractivity contribution is -0.118. The number of carbonyl (C=O) groups excluding carboxylic acids is 1. The van der Waals surface area contributed by atoms with E-state index in [9.17, 15) is 9.18 Å². The SMILES string of the molecule is C[C@@H]1CN(C(=O)Cc2nc3ncccn3n2)c2ccc(F)cc2O1. The van der Waals surface area contributed by atoms with E-state index in [2.05, 4.69) is 15.1 Å². The quantitative estimate of drug-likeness (QED) is 0.715. The van der Waals surface area contributed by atoms with Gasteiger partial charge in [-0.3, -0.25) is 4.79 Å². The first-order valence-corrected chi connectivity index (χ1v) is 7.53. The number of hydrogen-bond acceptors (Lipinski definition) is 5. The van der Waals surface area contributed by atoms with Crippen LogP contribution in [0.25, 0.3) is 5.78 Å². The molecule has 0 saturated carbocycles. The number of rotatable bonds is 2. The fourth-order valence-corrected chi connectivity index (χ4v) is 2.73. The van der Waals surface area contributed by atoms with Crippen LogP contribution in [-0.2, 0) is 11.2 Å². The van der Waals surface area contributed by atoms with Crippen LogP contribution in [0.4, 0.5) is 10.1 Å². The Bertz CT molecular complexity index is 893. The standard InChI is InChI=1S/C16H14FN5O2/c1-10-9-21(12-4-3-11(17)7-13(12)24-10)15(23)8-14-19-16-18-5-2-6-22(16)20-14/h2-7,10H,8-9H2,1H3/t10-/m1/s1. The summed E-state index contributed by atoms with van der Waals surface area (Å²) in [5.41, 5.74) is 0.557. The Kier molecular flexibility index (Phi) is 3.37. The number of fused-ring (bicyclic) bond motifs is 2. The van der Waals surface area contributed by atoms with Crippen LogP contribution in [0.15, 0.2) is 36.7 Å². The van der Waals surface area contributed by atoms with Crippen molar-refractivity contribution in [3.63, 3.8) is 0 Å². The normalized spacial score (nSPS) is 16.8. The highest BCUT2D eigenvalue weighted by Gasteiger charge is 2.28. The summed E-state index contributed by atoms with van der Waals surface area (Å²) in [6.07, 6.45) is 3.15. The monoisotopic (exact) mass is 327 g/mol. The molecule has 3 aromatic rings. The summed E-state index contributed by atoms with van der Waals surface area (Å²) >= 11 is 0. The molecular formula is C16H14FN5O2. The van der Waals surface area contributed by atoms with Gasteiger partial charge in [0.1, 0.15) is 17.7 Å². The van der Waals surface area contributed by atoms with Crippen molar-refractivity contribution in [1.29, 1.82) is 0 Å². The van der Waals surface area contributed by atoms with Crippen molar-refractivity contribution in [3.8, 4) is 5.75 Å². The Labute approximate surface area is 136 Å². The molecule has 0 aliphatic carbocycles. The second kappa shape index (κ2) is 5.55. The lowest BCUT2D eigenvalue weighted by atomic mass is 10.1. The maximum Gasteiger partial charge on any atom is 0.252 e. The van der Waals surface area contributed by atoms with E-state index in [1.807, 2.05) is 6.92 Å². The highest BCUT2D eigenvalue weighted by Crippen LogP contribution is 2.34. The van der Waals surface area contributed by atoms with Crippen molar-refractivity contribution in [2.24, 2.45) is 0 Å². The predicted molar refractivity (Wildman–Crippen MR) is 83.3 cm³/mol. The molecule has 1 aliphatic heterocycles. The third-order valence-corrected chi connectivity index (χ3v) is 3.75. The number of anilines is 1. The van der Waals surface area contributed by atoms with Gasteiger partial charge in [-0.05, 0) is 25.1 Å². The van der Waals surface area contributed by atoms with Crippen LogP contribution in [0.2, 0.25) is 0 Å². The van der Waals surface area contributed by atoms with Gasteiger partial charge in [-0.2, -0.15) is 4.98 Å². The molecule has 2 aromatic heterocycles. The number of nitrogens with zero attached hydrogens (tertiary/aromatic N) is 5. The Balaban J connectivity index is 1.62. The maximum absolute atomic E-state index is 13.4. The van der Waals surface area contributed by atoms with Crippen molar-refractivity contribution in [2.45, 2.75) is 19.4 Å². The van der Waals surface area contributed by atoms with Crippen molar-refractivity contribution in [1.82, 2.24) is 19.6 Å². The van der Waals surface area contributed by atoms with Crippen LogP contribution >= 0.6 is 0 Å². The topological polar surface area (TPSA) is 72.6 Å². The molecule has 0 radical (unpaired) electrons. The zero-order valence-electron chi connectivity index (χ0n) is 12.9. The lowest BCUT2D eigenvalue weighted by Gasteiger charge is -2.33. The van der Waals surface area contributed by atoms with Crippen LogP contribution in [0.1, 0.15) is 12.7 Å². The molecule has 1 aliphatic rings. The van der Waals surface area contributed by atoms with Gasteiger partial charge in [0, 0.05) is 18.5 Å². The molecule has 1 amide bonds. The van der Waals surface area contributed by atoms with Gasteiger partial charge in [0.15, 0.2) is 5.82 Å². The summed E-state index contributed by atoms with van der Waals surface area (Å²) in [6, 6.07) is 5.89. The van der Waals surface area contributed by atoms with Gasteiger partial charge >= 0.3 is 0 Å². The summed E-state index contributed by atoms with van der Waals surface area (Å²) in [5.74, 6) is 0.628. The number of benzene rings is 1. The zero-order chi connectivity index (χ0) is 16.7. The molecule has 0 spiro atoms. The first-order valence-electron chi connectivity index (χ1n) is 7.53. The largest absolute Gasteiger partial charge is 0.487 e. The molecule has 24 heavy (non-hydrogen) atoms. The van der Waals surface area contributed by atoms with Crippen molar-refractivity contribution in [3.05, 3.63) is 48.3 Å². The van der Waals surface area contributed by atoms with Crippen LogP contribution in [0, 0.1) is 5.82 Å². The summed E-state index contributed by atoms with van der Waals surface area (Å²) in [5, 5.41) is 4.24. The molecule has 0 unspecified atom stereocenters. The van der Waals surface area contributed by atoms with Crippen LogP contribution in [-0.4, -0.2) is 38.1 Å². The van der Waals surface area contributed by atoms with Gasteiger partial charge in [0.2, 0.25) is 5.91 Å². The van der Waals surface area contributed by atoms with Gasteiger partial charge in [-0.25, -0.2) is 13.9 Å². The minimum Gasteiger partial charge on any atom is -0.487 e. The minimum atomic E-state index is -0.400. The highest BCUT2D eigenvalue weighted by molar-refractivity contribution is 5.96. The molecular weight excluding hydrogens is 313 g/mol. The minimum absolute atomic E-state index is 0.0346. The molecule has 0 fully saturated rings. The molecule has 7 nitrogen and oxygen atoms in total. The van der Waals surface area contributed by atoms with Crippen LogP contribution in [0.5, 0.6) is 5.75 Å². The Morgan fingerprint density at radius 3 is 3.17 bits per heavy atom. The summed E-state index contributed by atoms with van der Waals surface area (Å²) in [7, 11) is 0. The Morgan fingerprint density at radius 2 is 2.33 bits per heavy atom. The van der Waals surface area contributed by atoms with Crippen LogP contribution < -0.4 is 9.64 Å². The third kappa shape index (κ3) is 2.55. The number of aromatic nitrogens is 4. The number of halogens is 1.